The van der Waals surface area contributed by atoms with Crippen LogP contribution in [0.4, 0.5) is 34.1 Å². The van der Waals surface area contributed by atoms with Gasteiger partial charge in [0.05, 0.1) is 44.6 Å². The van der Waals surface area contributed by atoms with Gasteiger partial charge in [0.1, 0.15) is 0 Å². The first kappa shape index (κ1) is 54.9. The summed E-state index contributed by atoms with van der Waals surface area (Å²) in [5.41, 5.74) is 26.7. The molecule has 0 fully saturated rings. The van der Waals surface area contributed by atoms with E-state index in [1.54, 1.807) is 0 Å². The monoisotopic (exact) mass is 1130 g/mol. The van der Waals surface area contributed by atoms with E-state index in [1.807, 2.05) is 0 Å². The number of aromatic nitrogens is 3. The third-order valence-electron chi connectivity index (χ3n) is 19.6. The van der Waals surface area contributed by atoms with Crippen LogP contribution in [0, 0.1) is 0 Å². The predicted molar refractivity (Wildman–Crippen MR) is 377 cm³/mol. The Morgan fingerprint density at radius 1 is 0.299 bits per heavy atom. The number of anilines is 6. The second-order valence-electron chi connectivity index (χ2n) is 30.4. The van der Waals surface area contributed by atoms with Gasteiger partial charge in [-0.25, -0.2) is 0 Å². The summed E-state index contributed by atoms with van der Waals surface area (Å²) in [6.45, 7) is 34.9. The maximum absolute atomic E-state index is 2.68. The van der Waals surface area contributed by atoms with Gasteiger partial charge in [0.2, 0.25) is 0 Å². The largest absolute Gasteiger partial charge is 0.342 e. The Labute approximate surface area is 514 Å². The van der Waals surface area contributed by atoms with Gasteiger partial charge >= 0.3 is 0 Å². The van der Waals surface area contributed by atoms with Crippen LogP contribution in [0.3, 0.4) is 0 Å². The lowest BCUT2D eigenvalue weighted by Crippen LogP contribution is -2.61. The molecule has 2 aliphatic heterocycles. The number of fused-ring (bicyclic) bond motifs is 14. The molecule has 6 heteroatoms. The molecule has 0 radical (unpaired) electrons. The van der Waals surface area contributed by atoms with Gasteiger partial charge < -0.3 is 23.5 Å². The van der Waals surface area contributed by atoms with Crippen LogP contribution in [0.15, 0.2) is 194 Å². The molecule has 0 saturated heterocycles. The number of benzene rings is 10. The van der Waals surface area contributed by atoms with Crippen molar-refractivity contribution in [2.24, 2.45) is 7.05 Å². The Kier molecular flexibility index (Phi) is 11.8. The molecule has 432 valence electrons. The topological polar surface area (TPSA) is 21.3 Å². The highest BCUT2D eigenvalue weighted by molar-refractivity contribution is 7.00. The molecule has 15 rings (SSSR count). The van der Waals surface area contributed by atoms with Crippen LogP contribution in [0.2, 0.25) is 0 Å². The Morgan fingerprint density at radius 3 is 1.22 bits per heavy atom. The van der Waals surface area contributed by atoms with Gasteiger partial charge in [0, 0.05) is 73.3 Å². The molecule has 10 aromatic carbocycles. The summed E-state index contributed by atoms with van der Waals surface area (Å²) in [7, 11) is 2.30. The van der Waals surface area contributed by atoms with Crippen molar-refractivity contribution in [1.82, 2.24) is 13.7 Å². The summed E-state index contributed by atoms with van der Waals surface area (Å²) in [6.07, 6.45) is 0. The molecule has 13 aromatic rings. The lowest BCUT2D eigenvalue weighted by atomic mass is 9.33. The van der Waals surface area contributed by atoms with E-state index in [0.29, 0.717) is 0 Å². The Morgan fingerprint density at radius 2 is 0.713 bits per heavy atom. The minimum atomic E-state index is -0.181. The first-order valence-corrected chi connectivity index (χ1v) is 31.5. The number of hydrogen-bond donors (Lipinski definition) is 0. The Bertz CT molecular complexity index is 4880. The number of aryl methyl sites for hydroxylation is 1. The fourth-order valence-corrected chi connectivity index (χ4v) is 14.8. The van der Waals surface area contributed by atoms with Crippen molar-refractivity contribution in [3.05, 3.63) is 222 Å². The van der Waals surface area contributed by atoms with Crippen molar-refractivity contribution >= 4 is 123 Å². The van der Waals surface area contributed by atoms with Crippen molar-refractivity contribution < 1.29 is 0 Å². The summed E-state index contributed by atoms with van der Waals surface area (Å²) in [6, 6.07) is 75.9. The number of nitrogens with zero attached hydrogens (tertiary/aromatic N) is 5. The average molecular weight is 1130 g/mol. The van der Waals surface area contributed by atoms with Crippen LogP contribution in [0.25, 0.3) is 76.8 Å². The highest BCUT2D eigenvalue weighted by Crippen LogP contribution is 2.52. The maximum atomic E-state index is 2.68. The van der Waals surface area contributed by atoms with Crippen molar-refractivity contribution in [1.29, 1.82) is 0 Å². The van der Waals surface area contributed by atoms with Gasteiger partial charge in [-0.2, -0.15) is 0 Å². The highest BCUT2D eigenvalue weighted by Gasteiger charge is 2.46. The lowest BCUT2D eigenvalue weighted by Gasteiger charge is -2.45. The molecule has 2 aliphatic rings. The molecule has 0 aliphatic carbocycles. The summed E-state index contributed by atoms with van der Waals surface area (Å²) in [5, 5.41) is 7.53. The highest BCUT2D eigenvalue weighted by atomic mass is 15.2. The van der Waals surface area contributed by atoms with E-state index in [9.17, 15) is 0 Å². The molecule has 5 heterocycles. The summed E-state index contributed by atoms with van der Waals surface area (Å²) >= 11 is 0. The molecule has 0 bridgehead atoms. The fourth-order valence-electron chi connectivity index (χ4n) is 14.8. The van der Waals surface area contributed by atoms with E-state index in [-0.39, 0.29) is 33.8 Å². The zero-order chi connectivity index (χ0) is 60.8. The first-order valence-electron chi connectivity index (χ1n) is 31.5. The van der Waals surface area contributed by atoms with Crippen LogP contribution < -0.4 is 26.2 Å². The van der Waals surface area contributed by atoms with E-state index in [0.717, 1.165) is 17.1 Å². The molecule has 0 amide bonds. The fraction of sp³-hybridized carbons (Fsp3) is 0.259. The molecule has 3 aromatic heterocycles. The van der Waals surface area contributed by atoms with E-state index >= 15 is 0 Å². The van der Waals surface area contributed by atoms with Crippen LogP contribution in [-0.4, -0.2) is 20.4 Å². The minimum Gasteiger partial charge on any atom is -0.342 e. The van der Waals surface area contributed by atoms with Crippen molar-refractivity contribution in [2.75, 3.05) is 9.80 Å². The molecule has 0 N–H and O–H groups in total. The average Bonchev–Trinajstić information content (AvgIpc) is 1.66. The zero-order valence-electron chi connectivity index (χ0n) is 53.8. The molecule has 5 nitrogen and oxygen atoms in total. The Balaban J connectivity index is 1.15. The quantitative estimate of drug-likeness (QED) is 0.164. The summed E-state index contributed by atoms with van der Waals surface area (Å²) in [4.78, 5) is 5.29. The van der Waals surface area contributed by atoms with Crippen molar-refractivity contribution in [2.45, 2.75) is 131 Å². The van der Waals surface area contributed by atoms with Crippen LogP contribution in [-0.2, 0) is 34.1 Å². The molecular weight excluding hydrogens is 1050 g/mol. The third kappa shape index (κ3) is 8.33. The van der Waals surface area contributed by atoms with Crippen LogP contribution in [0.5, 0.6) is 0 Å². The van der Waals surface area contributed by atoms with Gasteiger partial charge in [-0.1, -0.05) is 207 Å². The van der Waals surface area contributed by atoms with Gasteiger partial charge in [-0.05, 0) is 162 Å². The van der Waals surface area contributed by atoms with Gasteiger partial charge in [-0.15, -0.1) is 0 Å². The molecule has 87 heavy (non-hydrogen) atoms. The summed E-state index contributed by atoms with van der Waals surface area (Å²) < 4.78 is 7.66. The third-order valence-corrected chi connectivity index (χ3v) is 19.6. The van der Waals surface area contributed by atoms with E-state index in [4.69, 9.17) is 0 Å². The normalized spacial score (nSPS) is 13.9. The molecule has 0 unspecified atom stereocenters. The van der Waals surface area contributed by atoms with Gasteiger partial charge in [-0.3, -0.25) is 0 Å². The Hall–Kier alpha value is -8.74. The smallest absolute Gasteiger partial charge is 0.252 e. The predicted octanol–water partition coefficient (Wildman–Crippen LogP) is 20.1. The molecule has 0 spiro atoms. The van der Waals surface area contributed by atoms with E-state index < -0.39 is 0 Å². The molecule has 0 atom stereocenters. The van der Waals surface area contributed by atoms with Gasteiger partial charge in [0.15, 0.2) is 0 Å². The first-order chi connectivity index (χ1) is 41.3. The second-order valence-corrected chi connectivity index (χ2v) is 30.4. The van der Waals surface area contributed by atoms with Crippen LogP contribution >= 0.6 is 0 Å². The van der Waals surface area contributed by atoms with Crippen molar-refractivity contribution in [3.8, 4) is 11.4 Å². The standard InChI is InChI=1S/C81H80BN5/c1-77(2,3)49-29-36-54(37-30-49)84-69-42-35-53(81(13,14)15)45-62(69)82-63-48-72(87-67-40-33-51(79(7,8)9)43-60(67)61-44-52(80(10,11)12)34-41-68(61)87)76-73(59-25-19-20-26-64(59)83(76)16)75(63)86(55-38-31-50(32-39-55)78(4,5)6)71-47-56(46-70(84)74(71)82)85-65-27-21-17-23-57(65)58-24-18-22-28-66(58)85/h17-48H,1-16H3. The SMILES string of the molecule is Cn1c2ccccc2c2c3c(cc(-n4c5ccc(C(C)(C)C)cc5c5cc(C(C)(C)C)ccc54)c21)B1c2cc(C(C)(C)C)ccc2N(c2ccc(C(C)(C)C)cc2)c2cc(-n4c5ccccc5c5ccccc54)cc(c21)N3c1ccc(C(C)(C)C)cc1. The minimum absolute atomic E-state index is 0.0157. The van der Waals surface area contributed by atoms with E-state index in [1.165, 1.54) is 138 Å². The molecular formula is C81H80BN5. The maximum Gasteiger partial charge on any atom is 0.252 e. The van der Waals surface area contributed by atoms with Gasteiger partial charge in [0.25, 0.3) is 6.71 Å². The van der Waals surface area contributed by atoms with Crippen LogP contribution in [0.1, 0.15) is 132 Å². The van der Waals surface area contributed by atoms with Crippen molar-refractivity contribution in [3.63, 3.8) is 0 Å². The summed E-state index contributed by atoms with van der Waals surface area (Å²) in [5.74, 6) is 0. The molecule has 0 saturated carbocycles. The second kappa shape index (κ2) is 18.6. The zero-order valence-corrected chi connectivity index (χ0v) is 53.8. The lowest BCUT2D eigenvalue weighted by molar-refractivity contribution is 0.590. The number of para-hydroxylation sites is 3. The van der Waals surface area contributed by atoms with E-state index in [2.05, 4.69) is 329 Å². The number of rotatable bonds is 4. The number of hydrogen-bond acceptors (Lipinski definition) is 2.